The van der Waals surface area contributed by atoms with Crippen LogP contribution < -0.4 is 11.1 Å². The fourth-order valence-electron chi connectivity index (χ4n) is 1.85. The van der Waals surface area contributed by atoms with Gasteiger partial charge in [0.25, 0.3) is 5.76 Å². The van der Waals surface area contributed by atoms with E-state index in [0.29, 0.717) is 22.3 Å². The number of thioether (sulfide) groups is 1. The van der Waals surface area contributed by atoms with Crippen molar-refractivity contribution < 1.29 is 13.6 Å². The summed E-state index contributed by atoms with van der Waals surface area (Å²) in [6, 6.07) is 6.31. The number of halogens is 2. The highest BCUT2D eigenvalue weighted by Crippen LogP contribution is 2.38. The molecule has 1 aromatic carbocycles. The van der Waals surface area contributed by atoms with E-state index in [1.165, 1.54) is 0 Å². The normalized spacial score (nSPS) is 18.2. The summed E-state index contributed by atoms with van der Waals surface area (Å²) >= 11 is 0.476. The van der Waals surface area contributed by atoms with Crippen LogP contribution in [0.4, 0.5) is 14.5 Å². The highest BCUT2D eigenvalue weighted by Gasteiger charge is 2.44. The molecule has 1 aliphatic rings. The van der Waals surface area contributed by atoms with Crippen LogP contribution >= 0.6 is 11.8 Å². The average molecular weight is 286 g/mol. The van der Waals surface area contributed by atoms with Crippen LogP contribution in [-0.2, 0) is 4.79 Å². The minimum atomic E-state index is -2.44. The van der Waals surface area contributed by atoms with Crippen LogP contribution in [0.3, 0.4) is 0 Å². The van der Waals surface area contributed by atoms with Crippen molar-refractivity contribution in [2.75, 3.05) is 5.32 Å². The van der Waals surface area contributed by atoms with E-state index in [9.17, 15) is 13.6 Å². The Hall–Kier alpha value is -1.14. The largest absolute Gasteiger partial charge is 0.324 e. The van der Waals surface area contributed by atoms with Gasteiger partial charge in [-0.1, -0.05) is 11.8 Å². The second-order valence-electron chi connectivity index (χ2n) is 4.91. The number of hydrogen-bond acceptors (Lipinski definition) is 3. The van der Waals surface area contributed by atoms with Crippen molar-refractivity contribution in [2.45, 2.75) is 36.0 Å². The van der Waals surface area contributed by atoms with Gasteiger partial charge in [-0.3, -0.25) is 4.79 Å². The maximum atomic E-state index is 12.2. The van der Waals surface area contributed by atoms with Crippen molar-refractivity contribution >= 4 is 23.4 Å². The van der Waals surface area contributed by atoms with Crippen LogP contribution in [0, 0.1) is 5.92 Å². The molecule has 2 rings (SSSR count). The SMILES string of the molecule is CC(N)(C(=O)Nc1ccc(SC(F)F)cc1)C1CC1. The molecule has 1 atom stereocenters. The second kappa shape index (κ2) is 5.46. The van der Waals surface area contributed by atoms with Gasteiger partial charge in [0.05, 0.1) is 5.54 Å². The topological polar surface area (TPSA) is 55.1 Å². The lowest BCUT2D eigenvalue weighted by Gasteiger charge is -2.23. The molecule has 3 nitrogen and oxygen atoms in total. The first kappa shape index (κ1) is 14.3. The molecule has 1 unspecified atom stereocenters. The van der Waals surface area contributed by atoms with E-state index in [-0.39, 0.29) is 11.8 Å². The monoisotopic (exact) mass is 286 g/mol. The Bertz CT molecular complexity index is 458. The van der Waals surface area contributed by atoms with Gasteiger partial charge in [0.15, 0.2) is 0 Å². The van der Waals surface area contributed by atoms with Gasteiger partial charge in [0.1, 0.15) is 0 Å². The van der Waals surface area contributed by atoms with Crippen LogP contribution in [-0.4, -0.2) is 17.2 Å². The van der Waals surface area contributed by atoms with Crippen LogP contribution in [0.1, 0.15) is 19.8 Å². The maximum absolute atomic E-state index is 12.2. The van der Waals surface area contributed by atoms with Gasteiger partial charge in [-0.25, -0.2) is 0 Å². The van der Waals surface area contributed by atoms with E-state index < -0.39 is 11.3 Å². The lowest BCUT2D eigenvalue weighted by molar-refractivity contribution is -0.121. The molecule has 0 aromatic heterocycles. The minimum Gasteiger partial charge on any atom is -0.324 e. The number of carbonyl (C=O) groups is 1. The summed E-state index contributed by atoms with van der Waals surface area (Å²) in [4.78, 5) is 12.5. The third kappa shape index (κ3) is 3.67. The number of carbonyl (C=O) groups excluding carboxylic acids is 1. The summed E-state index contributed by atoms with van der Waals surface area (Å²) in [5.74, 6) is -2.44. The van der Waals surface area contributed by atoms with Gasteiger partial charge in [0, 0.05) is 10.6 Å². The van der Waals surface area contributed by atoms with Crippen LogP contribution in [0.2, 0.25) is 0 Å². The molecular weight excluding hydrogens is 270 g/mol. The smallest absolute Gasteiger partial charge is 0.288 e. The van der Waals surface area contributed by atoms with E-state index >= 15 is 0 Å². The first-order valence-corrected chi connectivity index (χ1v) is 6.93. The predicted octanol–water partition coefficient (Wildman–Crippen LogP) is 3.07. The molecular formula is C13H16F2N2OS. The van der Waals surface area contributed by atoms with E-state index in [4.69, 9.17) is 5.73 Å². The third-order valence-corrected chi connectivity index (χ3v) is 3.97. The summed E-state index contributed by atoms with van der Waals surface area (Å²) < 4.78 is 24.3. The zero-order valence-corrected chi connectivity index (χ0v) is 11.3. The number of rotatable bonds is 5. The van der Waals surface area contributed by atoms with E-state index in [2.05, 4.69) is 5.32 Å². The Labute approximate surface area is 114 Å². The fraction of sp³-hybridized carbons (Fsp3) is 0.462. The molecule has 0 radical (unpaired) electrons. The first-order chi connectivity index (χ1) is 8.89. The predicted molar refractivity (Wildman–Crippen MR) is 72.2 cm³/mol. The second-order valence-corrected chi connectivity index (χ2v) is 5.98. The van der Waals surface area contributed by atoms with Gasteiger partial charge in [-0.15, -0.1) is 0 Å². The summed E-state index contributed by atoms with van der Waals surface area (Å²) in [6.45, 7) is 1.72. The lowest BCUT2D eigenvalue weighted by atomic mass is 9.96. The van der Waals surface area contributed by atoms with E-state index in [1.54, 1.807) is 31.2 Å². The van der Waals surface area contributed by atoms with Crippen molar-refractivity contribution in [3.8, 4) is 0 Å². The summed E-state index contributed by atoms with van der Waals surface area (Å²) in [7, 11) is 0. The van der Waals surface area contributed by atoms with Crippen LogP contribution in [0.5, 0.6) is 0 Å². The summed E-state index contributed by atoms with van der Waals surface area (Å²) in [6.07, 6.45) is 1.95. The third-order valence-electron chi connectivity index (χ3n) is 3.25. The Kier molecular flexibility index (Phi) is 4.10. The van der Waals surface area contributed by atoms with Gasteiger partial charge in [-0.2, -0.15) is 8.78 Å². The first-order valence-electron chi connectivity index (χ1n) is 6.05. The number of hydrogen-bond donors (Lipinski definition) is 2. The maximum Gasteiger partial charge on any atom is 0.288 e. The quantitative estimate of drug-likeness (QED) is 0.818. The zero-order valence-electron chi connectivity index (χ0n) is 10.5. The van der Waals surface area contributed by atoms with Crippen molar-refractivity contribution in [1.29, 1.82) is 0 Å². The fourth-order valence-corrected chi connectivity index (χ4v) is 2.35. The molecule has 6 heteroatoms. The molecule has 104 valence electrons. The molecule has 3 N–H and O–H groups in total. The summed E-state index contributed by atoms with van der Waals surface area (Å²) in [5.41, 5.74) is 5.70. The molecule has 1 aromatic rings. The van der Waals surface area contributed by atoms with Crippen molar-refractivity contribution in [3.63, 3.8) is 0 Å². The van der Waals surface area contributed by atoms with Crippen molar-refractivity contribution in [3.05, 3.63) is 24.3 Å². The molecule has 19 heavy (non-hydrogen) atoms. The number of anilines is 1. The van der Waals surface area contributed by atoms with Gasteiger partial charge in [0.2, 0.25) is 5.91 Å². The van der Waals surface area contributed by atoms with Crippen LogP contribution in [0.25, 0.3) is 0 Å². The molecule has 0 spiro atoms. The van der Waals surface area contributed by atoms with Gasteiger partial charge < -0.3 is 11.1 Å². The minimum absolute atomic E-state index is 0.232. The lowest BCUT2D eigenvalue weighted by Crippen LogP contribution is -2.50. The highest BCUT2D eigenvalue weighted by atomic mass is 32.2. The average Bonchev–Trinajstić information content (AvgIpc) is 3.15. The number of nitrogens with two attached hydrogens (primary N) is 1. The molecule has 1 fully saturated rings. The van der Waals surface area contributed by atoms with Gasteiger partial charge in [-0.05, 0) is 49.9 Å². The Morgan fingerprint density at radius 2 is 2.00 bits per heavy atom. The number of nitrogens with one attached hydrogen (secondary N) is 1. The number of benzene rings is 1. The Morgan fingerprint density at radius 1 is 1.42 bits per heavy atom. The molecule has 1 aliphatic carbocycles. The van der Waals surface area contributed by atoms with E-state index in [0.717, 1.165) is 12.8 Å². The number of alkyl halides is 2. The van der Waals surface area contributed by atoms with Gasteiger partial charge >= 0.3 is 0 Å². The molecule has 0 bridgehead atoms. The Balaban J connectivity index is 1.97. The summed E-state index contributed by atoms with van der Waals surface area (Å²) in [5, 5.41) is 2.72. The highest BCUT2D eigenvalue weighted by molar-refractivity contribution is 7.99. The zero-order chi connectivity index (χ0) is 14.0. The molecule has 1 saturated carbocycles. The molecule has 0 saturated heterocycles. The molecule has 1 amide bonds. The standard InChI is InChI=1S/C13H16F2N2OS/c1-13(16,8-2-3-8)11(18)17-9-4-6-10(7-5-9)19-12(14)15/h4-8,12H,2-3,16H2,1H3,(H,17,18). The van der Waals surface area contributed by atoms with Crippen LogP contribution in [0.15, 0.2) is 29.2 Å². The van der Waals surface area contributed by atoms with Crippen molar-refractivity contribution in [1.82, 2.24) is 0 Å². The van der Waals surface area contributed by atoms with E-state index in [1.807, 2.05) is 0 Å². The Morgan fingerprint density at radius 3 is 2.47 bits per heavy atom. The molecule has 0 heterocycles. The molecule has 0 aliphatic heterocycles. The number of amides is 1. The van der Waals surface area contributed by atoms with Crippen molar-refractivity contribution in [2.24, 2.45) is 11.7 Å².